The summed E-state index contributed by atoms with van der Waals surface area (Å²) in [7, 11) is 0. The Morgan fingerprint density at radius 3 is 1.15 bits per heavy atom. The first-order valence-electron chi connectivity index (χ1n) is 48.0. The van der Waals surface area contributed by atoms with Crippen LogP contribution in [0.15, 0.2) is 107 Å². The number of thiophene rings is 1. The topological polar surface area (TPSA) is 451 Å². The molecule has 1 aromatic heterocycles. The summed E-state index contributed by atoms with van der Waals surface area (Å²) in [6.07, 6.45) is 21.5. The second-order valence-corrected chi connectivity index (χ2v) is 40.4. The van der Waals surface area contributed by atoms with Gasteiger partial charge in [0.1, 0.15) is 30.3 Å². The highest BCUT2D eigenvalue weighted by atomic mass is 79.9. The van der Waals surface area contributed by atoms with Gasteiger partial charge in [0.2, 0.25) is 0 Å². The molecule has 0 bridgehead atoms. The Labute approximate surface area is 796 Å². The zero-order chi connectivity index (χ0) is 95.1. The lowest BCUT2D eigenvalue weighted by atomic mass is 9.82. The number of hydrogen-bond acceptors (Lipinski definition) is 30. The third-order valence-corrected chi connectivity index (χ3v) is 27.9. The van der Waals surface area contributed by atoms with Crippen LogP contribution in [0, 0.1) is 17.3 Å². The lowest BCUT2D eigenvalue weighted by molar-refractivity contribution is -0.707. The maximum atomic E-state index is 11.0. The number of rotatable bonds is 19. The molecule has 4 aromatic rings. The Balaban J connectivity index is 0.000000155. The van der Waals surface area contributed by atoms with Crippen molar-refractivity contribution in [3.8, 4) is 11.8 Å². The van der Waals surface area contributed by atoms with Crippen molar-refractivity contribution in [2.24, 2.45) is 5.41 Å². The van der Waals surface area contributed by atoms with E-state index >= 15 is 0 Å². The highest BCUT2D eigenvalue weighted by Gasteiger charge is 2.54. The molecular formula is C100H149BrN2O29S. The molecule has 6 saturated carbocycles. The maximum absolute atomic E-state index is 11.0. The number of aliphatic carboxylic acids is 2. The summed E-state index contributed by atoms with van der Waals surface area (Å²) >= 11 is 5.06. The van der Waals surface area contributed by atoms with Crippen LogP contribution in [0.2, 0.25) is 0 Å². The zero-order valence-electron chi connectivity index (χ0n) is 78.3. The number of carboxylic acids is 2. The highest BCUT2D eigenvalue weighted by Crippen LogP contribution is 2.48. The number of carbonyl (C=O) groups is 4. The number of hydrogen-bond donors (Lipinski definition) is 9. The fourth-order valence-electron chi connectivity index (χ4n) is 17.3. The molecular weight excluding hydrogens is 1810 g/mol. The Hall–Kier alpha value is -5.32. The van der Waals surface area contributed by atoms with Crippen LogP contribution in [-0.2, 0) is 102 Å². The minimum absolute atomic E-state index is 0.0937. The summed E-state index contributed by atoms with van der Waals surface area (Å²) in [5, 5.41) is 92.8. The van der Waals surface area contributed by atoms with Gasteiger partial charge >= 0.3 is 0 Å². The summed E-state index contributed by atoms with van der Waals surface area (Å²) in [6.45, 7) is 21.3. The van der Waals surface area contributed by atoms with Crippen LogP contribution in [0.3, 0.4) is 0 Å². The predicted octanol–water partition coefficient (Wildman–Crippen LogP) is 7.00. The number of benzene rings is 3. The molecule has 4 spiro atoms. The number of aliphatic hydroxyl groups is 7. The van der Waals surface area contributed by atoms with E-state index in [2.05, 4.69) is 89.9 Å². The van der Waals surface area contributed by atoms with Gasteiger partial charge in [0.25, 0.3) is 0 Å². The standard InChI is InChI=1S/C18H27NO3.C13H22O5.C11H21NO3.C11H18O4.C10H11BrS.C9H14O3.C8H12O3.2C8H8O3.C4H8O2/c20-18(14-22-17-8-11-21-13-17)9-6-16(7-10-18)19-12-15-4-2-1-3-5-15;14-12(10-16-11-1-6-15-9-11)2-4-13(5-3-12)17-7-8-18-13;2*12-9-1-4-11(13,5-2-9)8-15-10-3-6-14-7-10;1-10(2,3)5-4-9-6-8(11)7-12-9;1-3-9(10-5-6-11-9)4-2-8(1)7-12-8;9-7-1-3-8(4-2-7)10-5-6-11-8;2*9-7(8(10)11)6-4-2-1-3-5-6;5-4-1-2-6-3-4/h1-5,16-17,19-20H,6-14H2;11,14H,1-10H2;9-10,13H,1-8,12H2;10,13H,1-8H2;6-7H,1-3H3;1-7H2;1-6H2;2*1-5,7,9H,(H,10,11);4-5H,1-3H2/t16?,17-,18?;11-;9?,10-,11?;10-;;;;2*7-;4-/m0000...000/s1. The van der Waals surface area contributed by atoms with E-state index in [4.69, 9.17) is 91.1 Å². The van der Waals surface area contributed by atoms with Crippen molar-refractivity contribution in [1.82, 2.24) is 0 Å². The van der Waals surface area contributed by atoms with Gasteiger partial charge in [-0.1, -0.05) is 103 Å². The quantitative estimate of drug-likeness (QED) is 0.0337. The minimum atomic E-state index is -1.52. The fourth-order valence-corrected chi connectivity index (χ4v) is 18.6. The molecule has 133 heavy (non-hydrogen) atoms. The number of quaternary nitrogens is 2. The van der Waals surface area contributed by atoms with Crippen LogP contribution in [0.4, 0.5) is 0 Å². The first-order chi connectivity index (χ1) is 63.7. The van der Waals surface area contributed by atoms with Crippen LogP contribution in [0.25, 0.3) is 0 Å². The van der Waals surface area contributed by atoms with Crippen LogP contribution >= 0.6 is 27.3 Å². The monoisotopic (exact) mass is 1950 g/mol. The molecule has 33 heteroatoms. The van der Waals surface area contributed by atoms with Crippen molar-refractivity contribution < 1.29 is 152 Å². The summed E-state index contributed by atoms with van der Waals surface area (Å²) in [4.78, 5) is 43.3. The Kier molecular flexibility index (Phi) is 45.4. The van der Waals surface area contributed by atoms with Crippen LogP contribution in [-0.4, -0.2) is 286 Å². The number of carbonyl (C=O) groups excluding carboxylic acids is 4. The second-order valence-electron chi connectivity index (χ2n) is 38.6. The molecule has 0 amide bonds. The first-order valence-corrected chi connectivity index (χ1v) is 49.7. The SMILES string of the molecule is C1COC2(CCC3(CC2)CO3)O1.CC(C)(C)C#Cc1cc(Br)cs1.O=C([O-])[C@@H](O)c1ccccc1.O=C([O-])[C@@H](O)c1ccccc1.O=C1CCC(O)(CO[C@H]2CCOC2)CC1.O=C1CCC2(CC1)OCCO2.OC1(CO[C@H]2CCOC2)CCC([NH2+]Cc2ccccc2)CC1.OC1(CO[C@H]2CCOC2)CCC2(CC1)OCCO2.O[C@H]1CCOC1.[NH3+]C1CCC(O)(CO[C@H]2CCOC2)CC1. The van der Waals surface area contributed by atoms with Gasteiger partial charge in [-0.15, -0.1) is 11.3 Å². The summed E-state index contributed by atoms with van der Waals surface area (Å²) in [5.41, 5.74) is 3.70. The van der Waals surface area contributed by atoms with Crippen molar-refractivity contribution in [1.29, 1.82) is 0 Å². The summed E-state index contributed by atoms with van der Waals surface area (Å²) in [6, 6.07) is 30.0. The van der Waals surface area contributed by atoms with Crippen molar-refractivity contribution in [2.45, 2.75) is 314 Å². The van der Waals surface area contributed by atoms with Gasteiger partial charge in [0.05, 0.1) is 193 Å². The van der Waals surface area contributed by atoms with Crippen LogP contribution in [0.5, 0.6) is 0 Å². The van der Waals surface area contributed by atoms with Crippen molar-refractivity contribution >= 4 is 50.8 Å². The molecule has 0 radical (unpaired) electrons. The average Bonchev–Trinajstić information content (AvgIpc) is 1.61. The van der Waals surface area contributed by atoms with Gasteiger partial charge in [-0.2, -0.15) is 0 Å². The summed E-state index contributed by atoms with van der Waals surface area (Å²) in [5.74, 6) is 2.99. The van der Waals surface area contributed by atoms with E-state index in [1.165, 1.54) is 29.8 Å². The number of aliphatic hydroxyl groups excluding tert-OH is 3. The van der Waals surface area contributed by atoms with E-state index in [0.29, 0.717) is 166 Å². The summed E-state index contributed by atoms with van der Waals surface area (Å²) < 4.78 is 88.7. The van der Waals surface area contributed by atoms with E-state index in [1.807, 2.05) is 11.4 Å². The molecule has 15 aliphatic rings. The van der Waals surface area contributed by atoms with E-state index in [1.54, 1.807) is 47.7 Å². The molecule has 19 rings (SSSR count). The molecule has 746 valence electrons. The number of carboxylic acid groups (broad SMARTS) is 2. The first kappa shape index (κ1) is 110. The predicted molar refractivity (Wildman–Crippen MR) is 489 cm³/mol. The van der Waals surface area contributed by atoms with Gasteiger partial charge in [-0.05, 0) is 150 Å². The average molecular weight is 1960 g/mol. The van der Waals surface area contributed by atoms with Gasteiger partial charge in [0.15, 0.2) is 17.4 Å². The molecule has 31 nitrogen and oxygen atoms in total. The number of epoxide rings is 1. The largest absolute Gasteiger partial charge is 0.547 e. The minimum Gasteiger partial charge on any atom is -0.547 e. The zero-order valence-corrected chi connectivity index (χ0v) is 80.7. The molecule has 12 N–H and O–H groups in total. The van der Waals surface area contributed by atoms with E-state index in [-0.39, 0.29) is 58.9 Å². The fraction of sp³-hybridized carbons (Fsp3) is 0.720. The highest BCUT2D eigenvalue weighted by molar-refractivity contribution is 9.10. The number of nitrogens with two attached hydrogens (primary N) is 1. The Bertz CT molecular complexity index is 3920. The van der Waals surface area contributed by atoms with Crippen molar-refractivity contribution in [3.05, 3.63) is 128 Å². The molecule has 0 unspecified atom stereocenters. The lowest BCUT2D eigenvalue weighted by Crippen LogP contribution is -2.89. The maximum Gasteiger partial charge on any atom is 0.169 e. The molecule has 3 aromatic carbocycles. The molecule has 15 fully saturated rings. The normalized spacial score (nSPS) is 29.2. The molecule has 10 heterocycles. The van der Waals surface area contributed by atoms with E-state index < -0.39 is 52.3 Å². The number of ether oxygens (including phenoxy) is 16. The lowest BCUT2D eigenvalue weighted by Gasteiger charge is -2.40. The number of halogens is 1. The Morgan fingerprint density at radius 2 is 0.820 bits per heavy atom. The van der Waals surface area contributed by atoms with Gasteiger partial charge < -0.3 is 142 Å². The molecule has 9 aliphatic heterocycles. The van der Waals surface area contributed by atoms with E-state index in [9.17, 15) is 49.8 Å². The molecule has 6 aliphatic carbocycles. The smallest absolute Gasteiger partial charge is 0.169 e. The van der Waals surface area contributed by atoms with Gasteiger partial charge in [0, 0.05) is 144 Å². The third-order valence-electron chi connectivity index (χ3n) is 26.3. The van der Waals surface area contributed by atoms with Crippen molar-refractivity contribution in [2.75, 3.05) is 139 Å². The van der Waals surface area contributed by atoms with Crippen LogP contribution in [0.1, 0.15) is 241 Å². The second kappa shape index (κ2) is 55.0. The number of Topliss-reactive ketones (excluding diaryl/α,β-unsaturated/α-hetero) is 2. The number of ketones is 2. The van der Waals surface area contributed by atoms with E-state index in [0.717, 1.165) is 204 Å². The van der Waals surface area contributed by atoms with Gasteiger partial charge in [-0.3, -0.25) is 9.59 Å². The molecule has 9 saturated heterocycles. The Morgan fingerprint density at radius 1 is 0.474 bits per heavy atom. The molecule has 7 atom stereocenters. The van der Waals surface area contributed by atoms with Crippen LogP contribution < -0.4 is 21.3 Å². The van der Waals surface area contributed by atoms with Crippen molar-refractivity contribution in [3.63, 3.8) is 0 Å². The third kappa shape index (κ3) is 40.1. The van der Waals surface area contributed by atoms with Gasteiger partial charge in [-0.25, -0.2) is 0 Å².